The Morgan fingerprint density at radius 3 is 2.36 bits per heavy atom. The molecule has 5 nitrogen and oxygen atoms in total. The van der Waals surface area contributed by atoms with E-state index in [1.165, 1.54) is 17.3 Å². The Labute approximate surface area is 154 Å². The van der Waals surface area contributed by atoms with Crippen LogP contribution in [0.5, 0.6) is 0 Å². The van der Waals surface area contributed by atoms with Gasteiger partial charge in [-0.05, 0) is 30.2 Å². The molecule has 0 aliphatic rings. The van der Waals surface area contributed by atoms with Gasteiger partial charge in [0.2, 0.25) is 5.16 Å². The van der Waals surface area contributed by atoms with Gasteiger partial charge in [0, 0.05) is 17.2 Å². The number of aromatic nitrogens is 3. The van der Waals surface area contributed by atoms with Crippen LogP contribution < -0.4 is 11.4 Å². The molecule has 0 bridgehead atoms. The van der Waals surface area contributed by atoms with Crippen LogP contribution in [0.4, 0.5) is 0 Å². The summed E-state index contributed by atoms with van der Waals surface area (Å²) in [7, 11) is 0. The Balaban J connectivity index is 1.74. The first kappa shape index (κ1) is 17.5. The van der Waals surface area contributed by atoms with Gasteiger partial charge in [-0.15, -0.1) is 10.2 Å². The van der Waals surface area contributed by atoms with Gasteiger partial charge >= 0.3 is 0 Å². The minimum Gasteiger partial charge on any atom is -0.334 e. The Morgan fingerprint density at radius 2 is 1.68 bits per heavy atom. The van der Waals surface area contributed by atoms with Gasteiger partial charge in [-0.3, -0.25) is 4.79 Å². The van der Waals surface area contributed by atoms with Crippen molar-refractivity contribution in [3.63, 3.8) is 0 Å². The molecule has 0 radical (unpaired) electrons. The molecule has 7 heteroatoms. The lowest BCUT2D eigenvalue weighted by atomic mass is 10.1. The predicted molar refractivity (Wildman–Crippen MR) is 101 cm³/mol. The van der Waals surface area contributed by atoms with Crippen LogP contribution in [0.3, 0.4) is 0 Å². The molecule has 3 aromatic rings. The number of halogens is 1. The molecule has 0 aliphatic heterocycles. The molecule has 0 fully saturated rings. The molecule has 2 N–H and O–H groups in total. The van der Waals surface area contributed by atoms with Crippen LogP contribution in [0.2, 0.25) is 5.02 Å². The summed E-state index contributed by atoms with van der Waals surface area (Å²) in [6.07, 6.45) is 0.408. The summed E-state index contributed by atoms with van der Waals surface area (Å²) in [5, 5.41) is 9.26. The van der Waals surface area contributed by atoms with Crippen molar-refractivity contribution in [3.8, 4) is 0 Å². The van der Waals surface area contributed by atoms with Crippen molar-refractivity contribution in [3.05, 3.63) is 86.3 Å². The van der Waals surface area contributed by atoms with E-state index < -0.39 is 0 Å². The van der Waals surface area contributed by atoms with Crippen molar-refractivity contribution in [2.45, 2.75) is 24.3 Å². The van der Waals surface area contributed by atoms with Gasteiger partial charge in [0.25, 0.3) is 5.56 Å². The molecule has 1 aromatic heterocycles. The number of hydrogen-bond acceptors (Lipinski definition) is 5. The first-order valence-corrected chi connectivity index (χ1v) is 9.06. The van der Waals surface area contributed by atoms with E-state index >= 15 is 0 Å². The van der Waals surface area contributed by atoms with E-state index in [1.807, 2.05) is 55.5 Å². The number of hydrogen-bond donors (Lipinski definition) is 1. The lowest BCUT2D eigenvalue weighted by Gasteiger charge is -2.08. The van der Waals surface area contributed by atoms with Crippen LogP contribution in [0, 0.1) is 6.92 Å². The zero-order valence-electron chi connectivity index (χ0n) is 13.6. The molecule has 0 saturated carbocycles. The average molecular weight is 373 g/mol. The third-order valence-electron chi connectivity index (χ3n) is 3.70. The number of nitrogens with two attached hydrogens (primary N) is 1. The number of benzene rings is 2. The molecule has 0 atom stereocenters. The van der Waals surface area contributed by atoms with Gasteiger partial charge < -0.3 is 5.84 Å². The van der Waals surface area contributed by atoms with Crippen LogP contribution >= 0.6 is 23.4 Å². The van der Waals surface area contributed by atoms with Gasteiger partial charge in [-0.2, -0.15) is 4.68 Å². The largest absolute Gasteiger partial charge is 0.334 e. The summed E-state index contributed by atoms with van der Waals surface area (Å²) in [5.74, 6) is 6.53. The molecule has 1 heterocycles. The molecular formula is C18H17ClN4OS. The van der Waals surface area contributed by atoms with Crippen LogP contribution in [0.1, 0.15) is 22.4 Å². The number of nitrogen functional groups attached to an aromatic ring is 1. The van der Waals surface area contributed by atoms with E-state index in [2.05, 4.69) is 10.2 Å². The topological polar surface area (TPSA) is 73.8 Å². The average Bonchev–Trinajstić information content (AvgIpc) is 2.61. The van der Waals surface area contributed by atoms with Gasteiger partial charge in [0.05, 0.1) is 0 Å². The second-order valence-corrected chi connectivity index (χ2v) is 7.06. The van der Waals surface area contributed by atoms with E-state index in [1.54, 1.807) is 0 Å². The first-order valence-electron chi connectivity index (χ1n) is 7.69. The molecule has 0 spiro atoms. The summed E-state index contributed by atoms with van der Waals surface area (Å²) >= 11 is 7.23. The summed E-state index contributed by atoms with van der Waals surface area (Å²) in [6.45, 7) is 2.02. The number of nitrogens with zero attached hydrogens (tertiary/aromatic N) is 3. The summed E-state index contributed by atoms with van der Waals surface area (Å²) in [6, 6.07) is 15.4. The Bertz CT molecular complexity index is 923. The molecule has 128 valence electrons. The van der Waals surface area contributed by atoms with Crippen molar-refractivity contribution in [1.82, 2.24) is 14.9 Å². The Morgan fingerprint density at radius 1 is 1.04 bits per heavy atom. The van der Waals surface area contributed by atoms with Crippen molar-refractivity contribution < 1.29 is 0 Å². The fraction of sp³-hybridized carbons (Fsp3) is 0.167. The molecule has 25 heavy (non-hydrogen) atoms. The van der Waals surface area contributed by atoms with Crippen LogP contribution in [0.25, 0.3) is 0 Å². The zero-order valence-corrected chi connectivity index (χ0v) is 15.2. The second kappa shape index (κ2) is 7.72. The lowest BCUT2D eigenvalue weighted by Crippen LogP contribution is -2.33. The van der Waals surface area contributed by atoms with Crippen molar-refractivity contribution >= 4 is 23.4 Å². The minimum absolute atomic E-state index is 0.325. The fourth-order valence-corrected chi connectivity index (χ4v) is 3.19. The summed E-state index contributed by atoms with van der Waals surface area (Å²) in [4.78, 5) is 12.4. The maximum atomic E-state index is 12.4. The summed E-state index contributed by atoms with van der Waals surface area (Å²) < 4.78 is 1.07. The highest BCUT2D eigenvalue weighted by Crippen LogP contribution is 2.20. The molecule has 2 aromatic carbocycles. The maximum Gasteiger partial charge on any atom is 0.294 e. The molecule has 0 unspecified atom stereocenters. The fourth-order valence-electron chi connectivity index (χ4n) is 2.26. The highest BCUT2D eigenvalue weighted by Gasteiger charge is 2.11. The number of thioether (sulfide) groups is 1. The quantitative estimate of drug-likeness (QED) is 0.550. The summed E-state index contributed by atoms with van der Waals surface area (Å²) in [5.41, 5.74) is 3.24. The molecular weight excluding hydrogens is 356 g/mol. The van der Waals surface area contributed by atoms with Gasteiger partial charge in [-0.1, -0.05) is 65.3 Å². The third kappa shape index (κ3) is 4.41. The maximum absolute atomic E-state index is 12.4. The van der Waals surface area contributed by atoms with Gasteiger partial charge in [0.1, 0.15) is 5.69 Å². The molecule has 0 amide bonds. The van der Waals surface area contributed by atoms with Gasteiger partial charge in [-0.25, -0.2) is 0 Å². The highest BCUT2D eigenvalue weighted by atomic mass is 35.5. The third-order valence-corrected chi connectivity index (χ3v) is 4.97. The monoisotopic (exact) mass is 372 g/mol. The normalized spacial score (nSPS) is 10.8. The standard InChI is InChI=1S/C18H17ClN4OS/c1-12-2-4-13(5-3-12)10-16-17(24)23(20)18(22-21-16)25-11-14-6-8-15(19)9-7-14/h2-9H,10-11,20H2,1H3. The number of rotatable bonds is 5. The lowest BCUT2D eigenvalue weighted by molar-refractivity contribution is 0.672. The highest BCUT2D eigenvalue weighted by molar-refractivity contribution is 7.98. The van der Waals surface area contributed by atoms with E-state index in [-0.39, 0.29) is 5.56 Å². The van der Waals surface area contributed by atoms with E-state index in [9.17, 15) is 4.79 Å². The van der Waals surface area contributed by atoms with Crippen LogP contribution in [-0.4, -0.2) is 14.9 Å². The SMILES string of the molecule is Cc1ccc(Cc2nnc(SCc3ccc(Cl)cc3)n(N)c2=O)cc1. The number of aryl methyl sites for hydroxylation is 1. The minimum atomic E-state index is -0.325. The van der Waals surface area contributed by atoms with Crippen LogP contribution in [-0.2, 0) is 12.2 Å². The van der Waals surface area contributed by atoms with E-state index in [0.29, 0.717) is 28.0 Å². The molecule has 3 rings (SSSR count). The van der Waals surface area contributed by atoms with E-state index in [4.69, 9.17) is 17.4 Å². The van der Waals surface area contributed by atoms with Crippen molar-refractivity contribution in [2.75, 3.05) is 5.84 Å². The van der Waals surface area contributed by atoms with Crippen molar-refractivity contribution in [1.29, 1.82) is 0 Å². The van der Waals surface area contributed by atoms with Crippen molar-refractivity contribution in [2.24, 2.45) is 0 Å². The zero-order chi connectivity index (χ0) is 17.8. The molecule has 0 saturated heterocycles. The Hall–Kier alpha value is -2.31. The van der Waals surface area contributed by atoms with Gasteiger partial charge in [0.15, 0.2) is 0 Å². The van der Waals surface area contributed by atoms with Crippen LogP contribution in [0.15, 0.2) is 58.5 Å². The second-order valence-electron chi connectivity index (χ2n) is 5.68. The first-order chi connectivity index (χ1) is 12.0. The molecule has 0 aliphatic carbocycles. The Kier molecular flexibility index (Phi) is 5.40. The smallest absolute Gasteiger partial charge is 0.294 e. The predicted octanol–water partition coefficient (Wildman–Crippen LogP) is 3.20. The van der Waals surface area contributed by atoms with E-state index in [0.717, 1.165) is 15.8 Å².